The van der Waals surface area contributed by atoms with E-state index in [1.165, 1.54) is 14.2 Å². The number of carbonyl (C=O) groups is 1. The molecule has 1 aromatic rings. The van der Waals surface area contributed by atoms with Gasteiger partial charge in [-0.3, -0.25) is 4.79 Å². The topological polar surface area (TPSA) is 106 Å². The Hall–Kier alpha value is -2.44. The molecule has 7 nitrogen and oxygen atoms in total. The summed E-state index contributed by atoms with van der Waals surface area (Å²) >= 11 is 0. The lowest BCUT2D eigenvalue weighted by molar-refractivity contribution is -0.121. The van der Waals surface area contributed by atoms with Crippen LogP contribution in [-0.2, 0) is 4.79 Å². The highest BCUT2D eigenvalue weighted by Crippen LogP contribution is 2.31. The molecule has 1 atom stereocenters. The van der Waals surface area contributed by atoms with Gasteiger partial charge in [-0.2, -0.15) is 0 Å². The van der Waals surface area contributed by atoms with E-state index in [0.29, 0.717) is 23.6 Å². The third-order valence-corrected chi connectivity index (χ3v) is 3.54. The highest BCUT2D eigenvalue weighted by molar-refractivity contribution is 6.11. The minimum atomic E-state index is -1.12. The number of nitrogens with zero attached hydrogens (tertiary/aromatic N) is 1. The second-order valence-corrected chi connectivity index (χ2v) is 4.69. The molecule has 1 amide bonds. The summed E-state index contributed by atoms with van der Waals surface area (Å²) in [5.74, 6) is 0.520. The molecule has 0 aliphatic rings. The number of amides is 1. The van der Waals surface area contributed by atoms with Crippen LogP contribution < -0.4 is 20.5 Å². The number of nitrogens with two attached hydrogens (primary N) is 1. The predicted molar refractivity (Wildman–Crippen MR) is 80.0 cm³/mol. The average molecular weight is 295 g/mol. The molecule has 4 N–H and O–H groups in total. The first-order chi connectivity index (χ1) is 9.92. The van der Waals surface area contributed by atoms with Crippen molar-refractivity contribution in [3.05, 3.63) is 18.2 Å². The molecule has 0 heterocycles. The fraction of sp³-hybridized carbons (Fsp3) is 0.429. The highest BCUT2D eigenvalue weighted by atomic mass is 16.5. The number of hydrogen-bond donors (Lipinski definition) is 3. The molecule has 0 saturated carbocycles. The maximum Gasteiger partial charge on any atom is 0.238 e. The second kappa shape index (κ2) is 6.83. The lowest BCUT2D eigenvalue weighted by Gasteiger charge is -2.25. The summed E-state index contributed by atoms with van der Waals surface area (Å²) in [4.78, 5) is 12.5. The Labute approximate surface area is 123 Å². The van der Waals surface area contributed by atoms with Crippen molar-refractivity contribution < 1.29 is 19.5 Å². The summed E-state index contributed by atoms with van der Waals surface area (Å²) in [7, 11) is 3.03. The van der Waals surface area contributed by atoms with E-state index in [1.54, 1.807) is 32.0 Å². The maximum absolute atomic E-state index is 12.5. The molecule has 0 bridgehead atoms. The largest absolute Gasteiger partial charge is 0.497 e. The van der Waals surface area contributed by atoms with Gasteiger partial charge in [-0.25, -0.2) is 0 Å². The van der Waals surface area contributed by atoms with Crippen molar-refractivity contribution in [2.45, 2.75) is 20.3 Å². The zero-order valence-corrected chi connectivity index (χ0v) is 12.6. The first kappa shape index (κ1) is 16.6. The number of carbonyl (C=O) groups excluding carboxylic acids is 1. The number of oxime groups is 1. The van der Waals surface area contributed by atoms with E-state index in [9.17, 15) is 4.79 Å². The van der Waals surface area contributed by atoms with Gasteiger partial charge in [0, 0.05) is 6.07 Å². The normalized spacial score (nSPS) is 14.2. The van der Waals surface area contributed by atoms with E-state index in [0.717, 1.165) is 0 Å². The van der Waals surface area contributed by atoms with Crippen molar-refractivity contribution >= 4 is 17.4 Å². The molecule has 7 heteroatoms. The van der Waals surface area contributed by atoms with E-state index >= 15 is 0 Å². The zero-order valence-electron chi connectivity index (χ0n) is 12.6. The SMILES string of the molecule is CCC(C)(C(=O)Nc1cc(OC)ccc1OC)/C(N)=N/O. The van der Waals surface area contributed by atoms with E-state index in [4.69, 9.17) is 20.4 Å². The zero-order chi connectivity index (χ0) is 16.0. The van der Waals surface area contributed by atoms with Gasteiger partial charge in [0.15, 0.2) is 5.84 Å². The number of methoxy groups -OCH3 is 2. The summed E-state index contributed by atoms with van der Waals surface area (Å²) in [6.45, 7) is 3.38. The van der Waals surface area contributed by atoms with Crippen LogP contribution in [0, 0.1) is 5.41 Å². The van der Waals surface area contributed by atoms with Crippen LogP contribution in [0.1, 0.15) is 20.3 Å². The molecule has 0 aromatic heterocycles. The van der Waals surface area contributed by atoms with Crippen molar-refractivity contribution in [2.75, 3.05) is 19.5 Å². The number of amidine groups is 1. The molecule has 0 aliphatic carbocycles. The Morgan fingerprint density at radius 1 is 1.43 bits per heavy atom. The van der Waals surface area contributed by atoms with Gasteiger partial charge in [0.25, 0.3) is 0 Å². The number of anilines is 1. The second-order valence-electron chi connectivity index (χ2n) is 4.69. The van der Waals surface area contributed by atoms with E-state index < -0.39 is 11.3 Å². The van der Waals surface area contributed by atoms with Gasteiger partial charge in [-0.1, -0.05) is 12.1 Å². The minimum Gasteiger partial charge on any atom is -0.497 e. The molecular weight excluding hydrogens is 274 g/mol. The summed E-state index contributed by atoms with van der Waals surface area (Å²) in [5, 5.41) is 14.5. The molecular formula is C14H21N3O4. The molecule has 21 heavy (non-hydrogen) atoms. The maximum atomic E-state index is 12.5. The van der Waals surface area contributed by atoms with Gasteiger partial charge in [-0.05, 0) is 25.5 Å². The summed E-state index contributed by atoms with van der Waals surface area (Å²) in [6.07, 6.45) is 0.376. The quantitative estimate of drug-likeness (QED) is 0.321. The molecule has 0 saturated heterocycles. The molecule has 1 aromatic carbocycles. The van der Waals surface area contributed by atoms with Crippen molar-refractivity contribution in [3.8, 4) is 11.5 Å². The number of ether oxygens (including phenoxy) is 2. The lowest BCUT2D eigenvalue weighted by Crippen LogP contribution is -2.44. The highest BCUT2D eigenvalue weighted by Gasteiger charge is 2.36. The van der Waals surface area contributed by atoms with Crippen LogP contribution >= 0.6 is 0 Å². The Morgan fingerprint density at radius 3 is 2.57 bits per heavy atom. The van der Waals surface area contributed by atoms with Crippen molar-refractivity contribution in [2.24, 2.45) is 16.3 Å². The number of nitrogens with one attached hydrogen (secondary N) is 1. The lowest BCUT2D eigenvalue weighted by atomic mass is 9.85. The van der Waals surface area contributed by atoms with Gasteiger partial charge in [-0.15, -0.1) is 0 Å². The molecule has 116 valence electrons. The van der Waals surface area contributed by atoms with Gasteiger partial charge in [0.2, 0.25) is 5.91 Å². The molecule has 0 aliphatic heterocycles. The van der Waals surface area contributed by atoms with Crippen LogP contribution in [-0.4, -0.2) is 31.2 Å². The van der Waals surface area contributed by atoms with E-state index in [1.807, 2.05) is 0 Å². The fourth-order valence-corrected chi connectivity index (χ4v) is 1.74. The van der Waals surface area contributed by atoms with Gasteiger partial charge in [0.05, 0.1) is 19.9 Å². The Bertz CT molecular complexity index is 545. The smallest absolute Gasteiger partial charge is 0.238 e. The first-order valence-electron chi connectivity index (χ1n) is 6.44. The van der Waals surface area contributed by atoms with Crippen molar-refractivity contribution in [3.63, 3.8) is 0 Å². The van der Waals surface area contributed by atoms with Gasteiger partial charge in [0.1, 0.15) is 16.9 Å². The van der Waals surface area contributed by atoms with Crippen molar-refractivity contribution in [1.82, 2.24) is 0 Å². The van der Waals surface area contributed by atoms with Crippen LogP contribution in [0.25, 0.3) is 0 Å². The summed E-state index contributed by atoms with van der Waals surface area (Å²) < 4.78 is 10.3. The molecule has 1 unspecified atom stereocenters. The summed E-state index contributed by atoms with van der Waals surface area (Å²) in [6, 6.07) is 5.04. The van der Waals surface area contributed by atoms with E-state index in [-0.39, 0.29) is 5.84 Å². The third-order valence-electron chi connectivity index (χ3n) is 3.54. The van der Waals surface area contributed by atoms with Crippen LogP contribution in [0.2, 0.25) is 0 Å². The number of rotatable bonds is 6. The summed E-state index contributed by atoms with van der Waals surface area (Å²) in [5.41, 5.74) is 4.96. The minimum absolute atomic E-state index is 0.149. The number of hydrogen-bond acceptors (Lipinski definition) is 5. The molecule has 1 rings (SSSR count). The standard InChI is InChI=1S/C14H21N3O4/c1-5-14(2,12(15)17-19)13(18)16-10-8-9(20-3)6-7-11(10)21-4/h6-8,19H,5H2,1-4H3,(H2,15,17)(H,16,18). The van der Waals surface area contributed by atoms with Crippen LogP contribution in [0.4, 0.5) is 5.69 Å². The van der Waals surface area contributed by atoms with Gasteiger partial charge >= 0.3 is 0 Å². The Balaban J connectivity index is 3.12. The Kier molecular flexibility index (Phi) is 5.40. The third kappa shape index (κ3) is 3.36. The van der Waals surface area contributed by atoms with Crippen LogP contribution in [0.15, 0.2) is 23.4 Å². The van der Waals surface area contributed by atoms with E-state index in [2.05, 4.69) is 10.5 Å². The van der Waals surface area contributed by atoms with Crippen molar-refractivity contribution in [1.29, 1.82) is 0 Å². The first-order valence-corrected chi connectivity index (χ1v) is 6.44. The fourth-order valence-electron chi connectivity index (χ4n) is 1.74. The Morgan fingerprint density at radius 2 is 2.10 bits per heavy atom. The average Bonchev–Trinajstić information content (AvgIpc) is 2.52. The van der Waals surface area contributed by atoms with Gasteiger partial charge < -0.3 is 25.7 Å². The van der Waals surface area contributed by atoms with Crippen LogP contribution in [0.3, 0.4) is 0 Å². The monoisotopic (exact) mass is 295 g/mol. The van der Waals surface area contributed by atoms with Crippen LogP contribution in [0.5, 0.6) is 11.5 Å². The molecule has 0 spiro atoms. The number of benzene rings is 1. The molecule has 0 fully saturated rings. The predicted octanol–water partition coefficient (Wildman–Crippen LogP) is 1.80. The molecule has 0 radical (unpaired) electrons.